The van der Waals surface area contributed by atoms with Crippen molar-refractivity contribution in [2.24, 2.45) is 0 Å². The van der Waals surface area contributed by atoms with Gasteiger partial charge in [-0.05, 0) is 47.2 Å². The van der Waals surface area contributed by atoms with E-state index in [1.165, 1.54) is 11.1 Å². The number of ether oxygens (including phenoxy) is 2. The molecule has 3 aromatic carbocycles. The fourth-order valence-electron chi connectivity index (χ4n) is 3.38. The van der Waals surface area contributed by atoms with Crippen LogP contribution in [0.3, 0.4) is 0 Å². The monoisotopic (exact) mass is 388 g/mol. The summed E-state index contributed by atoms with van der Waals surface area (Å²) < 4.78 is 11.2. The summed E-state index contributed by atoms with van der Waals surface area (Å²) in [4.78, 5) is 12.4. The summed E-state index contributed by atoms with van der Waals surface area (Å²) in [5.74, 6) is 0.761. The van der Waals surface area contributed by atoms with E-state index in [9.17, 15) is 4.79 Å². The minimum Gasteiger partial charge on any atom is -0.478 e. The SMILES string of the molecule is CCOC(=O)[C@H](Cc1ccccc1)Oc1ccc(-c2ccccc2C(C)C)cc1. The van der Waals surface area contributed by atoms with E-state index in [2.05, 4.69) is 38.1 Å². The van der Waals surface area contributed by atoms with E-state index >= 15 is 0 Å². The number of hydrogen-bond donors (Lipinski definition) is 0. The molecule has 0 unspecified atom stereocenters. The normalized spacial score (nSPS) is 11.9. The largest absolute Gasteiger partial charge is 0.478 e. The zero-order chi connectivity index (χ0) is 20.6. The molecule has 0 heterocycles. The molecule has 3 rings (SSSR count). The Morgan fingerprint density at radius 1 is 0.862 bits per heavy atom. The highest BCUT2D eigenvalue weighted by molar-refractivity contribution is 5.75. The molecular formula is C26H28O3. The van der Waals surface area contributed by atoms with Gasteiger partial charge in [0.2, 0.25) is 0 Å². The highest BCUT2D eigenvalue weighted by Gasteiger charge is 2.22. The number of carbonyl (C=O) groups excluding carboxylic acids is 1. The van der Waals surface area contributed by atoms with Crippen LogP contribution in [-0.4, -0.2) is 18.7 Å². The topological polar surface area (TPSA) is 35.5 Å². The van der Waals surface area contributed by atoms with Crippen LogP contribution >= 0.6 is 0 Å². The highest BCUT2D eigenvalue weighted by Crippen LogP contribution is 2.30. The van der Waals surface area contributed by atoms with E-state index in [0.29, 0.717) is 24.7 Å². The van der Waals surface area contributed by atoms with Crippen LogP contribution in [-0.2, 0) is 16.0 Å². The lowest BCUT2D eigenvalue weighted by Crippen LogP contribution is -2.31. The van der Waals surface area contributed by atoms with Gasteiger partial charge in [-0.3, -0.25) is 0 Å². The average molecular weight is 389 g/mol. The van der Waals surface area contributed by atoms with Crippen molar-refractivity contribution >= 4 is 5.97 Å². The summed E-state index contributed by atoms with van der Waals surface area (Å²) >= 11 is 0. The van der Waals surface area contributed by atoms with Crippen LogP contribution < -0.4 is 4.74 Å². The van der Waals surface area contributed by atoms with Crippen molar-refractivity contribution in [3.05, 3.63) is 90.0 Å². The van der Waals surface area contributed by atoms with Gasteiger partial charge in [0.05, 0.1) is 6.61 Å². The minimum atomic E-state index is -0.675. The standard InChI is InChI=1S/C26H28O3/c1-4-28-26(27)25(18-20-10-6-5-7-11-20)29-22-16-14-21(15-17-22)24-13-9-8-12-23(24)19(2)3/h5-17,19,25H,4,18H2,1-3H3/t25-/m0/s1. The van der Waals surface area contributed by atoms with Gasteiger partial charge in [0, 0.05) is 6.42 Å². The van der Waals surface area contributed by atoms with Crippen LogP contribution in [0.4, 0.5) is 0 Å². The minimum absolute atomic E-state index is 0.332. The maximum atomic E-state index is 12.4. The van der Waals surface area contributed by atoms with Crippen LogP contribution in [0.2, 0.25) is 0 Å². The fraction of sp³-hybridized carbons (Fsp3) is 0.269. The fourth-order valence-corrected chi connectivity index (χ4v) is 3.38. The summed E-state index contributed by atoms with van der Waals surface area (Å²) in [5.41, 5.74) is 4.71. The summed E-state index contributed by atoms with van der Waals surface area (Å²) in [7, 11) is 0. The molecule has 0 aliphatic carbocycles. The second-order valence-corrected chi connectivity index (χ2v) is 7.31. The number of benzene rings is 3. The number of hydrogen-bond acceptors (Lipinski definition) is 3. The van der Waals surface area contributed by atoms with Crippen molar-refractivity contribution in [2.45, 2.75) is 39.2 Å². The predicted molar refractivity (Wildman–Crippen MR) is 117 cm³/mol. The lowest BCUT2D eigenvalue weighted by Gasteiger charge is -2.18. The third kappa shape index (κ3) is 5.47. The van der Waals surface area contributed by atoms with Crippen molar-refractivity contribution in [3.63, 3.8) is 0 Å². The van der Waals surface area contributed by atoms with E-state index in [-0.39, 0.29) is 5.97 Å². The van der Waals surface area contributed by atoms with Crippen molar-refractivity contribution in [1.29, 1.82) is 0 Å². The molecule has 0 aromatic heterocycles. The van der Waals surface area contributed by atoms with Crippen molar-refractivity contribution in [3.8, 4) is 16.9 Å². The van der Waals surface area contributed by atoms with Crippen LogP contribution in [0.25, 0.3) is 11.1 Å². The van der Waals surface area contributed by atoms with Crippen LogP contribution in [0, 0.1) is 0 Å². The smallest absolute Gasteiger partial charge is 0.347 e. The van der Waals surface area contributed by atoms with Gasteiger partial charge in [0.15, 0.2) is 6.10 Å². The second-order valence-electron chi connectivity index (χ2n) is 7.31. The van der Waals surface area contributed by atoms with Gasteiger partial charge in [0.1, 0.15) is 5.75 Å². The van der Waals surface area contributed by atoms with Gasteiger partial charge in [-0.25, -0.2) is 4.79 Å². The van der Waals surface area contributed by atoms with Gasteiger partial charge < -0.3 is 9.47 Å². The molecule has 0 bridgehead atoms. The van der Waals surface area contributed by atoms with Gasteiger partial charge in [-0.15, -0.1) is 0 Å². The summed E-state index contributed by atoms with van der Waals surface area (Å²) in [6.07, 6.45) is -0.205. The lowest BCUT2D eigenvalue weighted by molar-refractivity contribution is -0.151. The molecule has 3 nitrogen and oxygen atoms in total. The van der Waals surface area contributed by atoms with Crippen molar-refractivity contribution in [2.75, 3.05) is 6.61 Å². The van der Waals surface area contributed by atoms with E-state index in [1.54, 1.807) is 6.92 Å². The zero-order valence-electron chi connectivity index (χ0n) is 17.3. The van der Waals surface area contributed by atoms with E-state index in [1.807, 2.05) is 54.6 Å². The summed E-state index contributed by atoms with van der Waals surface area (Å²) in [6.45, 7) is 6.53. The molecule has 3 heteroatoms. The van der Waals surface area contributed by atoms with E-state index < -0.39 is 6.10 Å². The Morgan fingerprint density at radius 2 is 1.52 bits per heavy atom. The molecule has 150 valence electrons. The Hall–Kier alpha value is -3.07. The molecule has 1 atom stereocenters. The molecule has 29 heavy (non-hydrogen) atoms. The molecule has 0 radical (unpaired) electrons. The Morgan fingerprint density at radius 3 is 2.17 bits per heavy atom. The third-order valence-electron chi connectivity index (χ3n) is 4.84. The predicted octanol–water partition coefficient (Wildman–Crippen LogP) is 6.03. The maximum Gasteiger partial charge on any atom is 0.347 e. The van der Waals surface area contributed by atoms with Crippen LogP contribution in [0.15, 0.2) is 78.9 Å². The summed E-state index contributed by atoms with van der Waals surface area (Å²) in [6, 6.07) is 26.2. The Bertz CT molecular complexity index is 914. The molecule has 0 aliphatic heterocycles. The Kier molecular flexibility index (Phi) is 7.07. The van der Waals surface area contributed by atoms with Crippen molar-refractivity contribution < 1.29 is 14.3 Å². The highest BCUT2D eigenvalue weighted by atomic mass is 16.6. The molecule has 0 fully saturated rings. The number of esters is 1. The molecule has 0 saturated heterocycles. The van der Waals surface area contributed by atoms with Crippen LogP contribution in [0.1, 0.15) is 37.8 Å². The Labute approximate surface area is 173 Å². The first kappa shape index (κ1) is 20.7. The van der Waals surface area contributed by atoms with Gasteiger partial charge in [-0.2, -0.15) is 0 Å². The molecule has 0 saturated carbocycles. The second kappa shape index (κ2) is 9.92. The van der Waals surface area contributed by atoms with Gasteiger partial charge in [0.25, 0.3) is 0 Å². The van der Waals surface area contributed by atoms with E-state index in [0.717, 1.165) is 11.1 Å². The van der Waals surface area contributed by atoms with E-state index in [4.69, 9.17) is 9.47 Å². The quantitative estimate of drug-likeness (QED) is 0.442. The zero-order valence-corrected chi connectivity index (χ0v) is 17.3. The average Bonchev–Trinajstić information content (AvgIpc) is 2.75. The number of carbonyl (C=O) groups is 1. The number of rotatable bonds is 8. The molecular weight excluding hydrogens is 360 g/mol. The first-order chi connectivity index (χ1) is 14.1. The van der Waals surface area contributed by atoms with Gasteiger partial charge >= 0.3 is 5.97 Å². The molecule has 0 N–H and O–H groups in total. The summed E-state index contributed by atoms with van der Waals surface area (Å²) in [5, 5.41) is 0. The molecule has 0 spiro atoms. The molecule has 3 aromatic rings. The Balaban J connectivity index is 1.79. The molecule has 0 aliphatic rings. The van der Waals surface area contributed by atoms with Gasteiger partial charge in [-0.1, -0.05) is 80.6 Å². The first-order valence-electron chi connectivity index (χ1n) is 10.1. The third-order valence-corrected chi connectivity index (χ3v) is 4.84. The van der Waals surface area contributed by atoms with Crippen LogP contribution in [0.5, 0.6) is 5.75 Å². The maximum absolute atomic E-state index is 12.4. The lowest BCUT2D eigenvalue weighted by atomic mass is 9.93. The first-order valence-corrected chi connectivity index (χ1v) is 10.1. The molecule has 0 amide bonds. The van der Waals surface area contributed by atoms with Crippen molar-refractivity contribution in [1.82, 2.24) is 0 Å².